The van der Waals surface area contributed by atoms with Crippen LogP contribution in [-0.2, 0) is 6.54 Å². The van der Waals surface area contributed by atoms with E-state index in [1.54, 1.807) is 18.2 Å². The second-order valence-corrected chi connectivity index (χ2v) is 4.59. The molecule has 1 aromatic heterocycles. The molecule has 0 aliphatic heterocycles. The molecule has 5 nitrogen and oxygen atoms in total. The summed E-state index contributed by atoms with van der Waals surface area (Å²) in [6.45, 7) is 1.78. The van der Waals surface area contributed by atoms with Crippen LogP contribution in [0.1, 0.15) is 33.7 Å². The van der Waals surface area contributed by atoms with Crippen LogP contribution in [0.5, 0.6) is 0 Å². The molecule has 2 rings (SSSR count). The zero-order valence-electron chi connectivity index (χ0n) is 10.3. The summed E-state index contributed by atoms with van der Waals surface area (Å²) in [4.78, 5) is 10.8. The lowest BCUT2D eigenvalue weighted by molar-refractivity contribution is 0.0675. The predicted octanol–water partition coefficient (Wildman–Crippen LogP) is 2.92. The molecular weight excluding hydrogens is 292 g/mol. The molecule has 0 spiro atoms. The SMILES string of the molecule is Cc1ccc(Cn2nnc(C(=O)O)c2C(F)F)c(Cl)c1. The summed E-state index contributed by atoms with van der Waals surface area (Å²) in [6, 6.07) is 5.14. The number of benzene rings is 1. The van der Waals surface area contributed by atoms with Crippen LogP contribution in [0.15, 0.2) is 18.2 Å². The molecule has 1 aromatic carbocycles. The maximum Gasteiger partial charge on any atom is 0.358 e. The molecule has 20 heavy (non-hydrogen) atoms. The number of aromatic nitrogens is 3. The summed E-state index contributed by atoms with van der Waals surface area (Å²) in [5.74, 6) is -1.54. The van der Waals surface area contributed by atoms with Gasteiger partial charge in [-0.15, -0.1) is 5.10 Å². The van der Waals surface area contributed by atoms with E-state index in [1.165, 1.54) is 0 Å². The number of hydrogen-bond acceptors (Lipinski definition) is 3. The molecule has 0 aliphatic carbocycles. The minimum absolute atomic E-state index is 0.0704. The molecule has 0 amide bonds. The summed E-state index contributed by atoms with van der Waals surface area (Å²) in [5, 5.41) is 15.9. The Morgan fingerprint density at radius 1 is 1.50 bits per heavy atom. The quantitative estimate of drug-likeness (QED) is 0.943. The maximum atomic E-state index is 13.0. The average Bonchev–Trinajstić information content (AvgIpc) is 2.76. The highest BCUT2D eigenvalue weighted by atomic mass is 35.5. The number of aryl methyl sites for hydroxylation is 1. The third-order valence-electron chi connectivity index (χ3n) is 2.71. The van der Waals surface area contributed by atoms with Gasteiger partial charge in [0.05, 0.1) is 6.54 Å². The van der Waals surface area contributed by atoms with E-state index < -0.39 is 23.8 Å². The highest BCUT2D eigenvalue weighted by molar-refractivity contribution is 6.31. The van der Waals surface area contributed by atoms with Crippen molar-refractivity contribution in [3.63, 3.8) is 0 Å². The third-order valence-corrected chi connectivity index (χ3v) is 3.06. The first-order valence-corrected chi connectivity index (χ1v) is 5.97. The number of carboxylic acid groups (broad SMARTS) is 1. The van der Waals surface area contributed by atoms with Crippen LogP contribution in [0.3, 0.4) is 0 Å². The monoisotopic (exact) mass is 301 g/mol. The first-order valence-electron chi connectivity index (χ1n) is 5.60. The Morgan fingerprint density at radius 3 is 2.75 bits per heavy atom. The topological polar surface area (TPSA) is 68.0 Å². The summed E-state index contributed by atoms with van der Waals surface area (Å²) in [7, 11) is 0. The van der Waals surface area contributed by atoms with E-state index in [1.807, 2.05) is 6.92 Å². The van der Waals surface area contributed by atoms with E-state index in [2.05, 4.69) is 10.3 Å². The van der Waals surface area contributed by atoms with Crippen molar-refractivity contribution in [1.29, 1.82) is 0 Å². The van der Waals surface area contributed by atoms with Crippen LogP contribution in [0.25, 0.3) is 0 Å². The van der Waals surface area contributed by atoms with Gasteiger partial charge < -0.3 is 5.11 Å². The smallest absolute Gasteiger partial charge is 0.358 e. The van der Waals surface area contributed by atoms with E-state index in [-0.39, 0.29) is 6.54 Å². The molecule has 0 radical (unpaired) electrons. The van der Waals surface area contributed by atoms with Gasteiger partial charge in [-0.05, 0) is 24.1 Å². The normalized spacial score (nSPS) is 11.1. The van der Waals surface area contributed by atoms with E-state index >= 15 is 0 Å². The van der Waals surface area contributed by atoms with Gasteiger partial charge in [-0.3, -0.25) is 0 Å². The first-order chi connectivity index (χ1) is 9.40. The fraction of sp³-hybridized carbons (Fsp3) is 0.250. The van der Waals surface area contributed by atoms with Crippen LogP contribution < -0.4 is 0 Å². The van der Waals surface area contributed by atoms with Gasteiger partial charge in [-0.2, -0.15) is 0 Å². The zero-order chi connectivity index (χ0) is 14.9. The lowest BCUT2D eigenvalue weighted by Gasteiger charge is -2.08. The maximum absolute atomic E-state index is 13.0. The van der Waals surface area contributed by atoms with Gasteiger partial charge in [0.15, 0.2) is 5.69 Å². The van der Waals surface area contributed by atoms with E-state index in [0.29, 0.717) is 10.6 Å². The van der Waals surface area contributed by atoms with Crippen molar-refractivity contribution in [3.8, 4) is 0 Å². The first kappa shape index (κ1) is 14.4. The molecule has 2 aromatic rings. The minimum atomic E-state index is -2.99. The number of rotatable bonds is 4. The second-order valence-electron chi connectivity index (χ2n) is 4.18. The van der Waals surface area contributed by atoms with E-state index in [4.69, 9.17) is 16.7 Å². The largest absolute Gasteiger partial charge is 0.476 e. The number of alkyl halides is 2. The van der Waals surface area contributed by atoms with Crippen molar-refractivity contribution in [3.05, 3.63) is 45.7 Å². The van der Waals surface area contributed by atoms with Gasteiger partial charge in [0.1, 0.15) is 5.69 Å². The number of carbonyl (C=O) groups is 1. The Kier molecular flexibility index (Phi) is 3.99. The number of carboxylic acids is 1. The van der Waals surface area contributed by atoms with Crippen molar-refractivity contribution >= 4 is 17.6 Å². The Balaban J connectivity index is 2.41. The Hall–Kier alpha value is -2.02. The molecular formula is C12H10ClF2N3O2. The number of hydrogen-bond donors (Lipinski definition) is 1. The van der Waals surface area contributed by atoms with Crippen molar-refractivity contribution in [2.75, 3.05) is 0 Å². The standard InChI is InChI=1S/C12H10ClF2N3O2/c1-6-2-3-7(8(13)4-6)5-18-10(11(14)15)9(12(19)20)16-17-18/h2-4,11H,5H2,1H3,(H,19,20). The van der Waals surface area contributed by atoms with Crippen molar-refractivity contribution in [2.24, 2.45) is 0 Å². The van der Waals surface area contributed by atoms with Crippen molar-refractivity contribution < 1.29 is 18.7 Å². The molecule has 0 bridgehead atoms. The van der Waals surface area contributed by atoms with Gasteiger partial charge in [-0.1, -0.05) is 28.9 Å². The Morgan fingerprint density at radius 2 is 2.20 bits per heavy atom. The van der Waals surface area contributed by atoms with Crippen LogP contribution in [0.2, 0.25) is 5.02 Å². The Labute approximate surface area is 117 Å². The van der Waals surface area contributed by atoms with Gasteiger partial charge >= 0.3 is 5.97 Å². The van der Waals surface area contributed by atoms with Crippen LogP contribution >= 0.6 is 11.6 Å². The third kappa shape index (κ3) is 2.77. The highest BCUT2D eigenvalue weighted by Gasteiger charge is 2.26. The van der Waals surface area contributed by atoms with Crippen LogP contribution in [0, 0.1) is 6.92 Å². The average molecular weight is 302 g/mol. The van der Waals surface area contributed by atoms with E-state index in [9.17, 15) is 13.6 Å². The molecule has 0 saturated heterocycles. The molecule has 0 saturated carbocycles. The number of nitrogens with zero attached hydrogens (tertiary/aromatic N) is 3. The fourth-order valence-corrected chi connectivity index (χ4v) is 2.04. The summed E-state index contributed by atoms with van der Waals surface area (Å²) < 4.78 is 26.8. The van der Waals surface area contributed by atoms with Crippen molar-refractivity contribution in [2.45, 2.75) is 19.9 Å². The van der Waals surface area contributed by atoms with Crippen molar-refractivity contribution in [1.82, 2.24) is 15.0 Å². The minimum Gasteiger partial charge on any atom is -0.476 e. The van der Waals surface area contributed by atoms with Gasteiger partial charge in [0, 0.05) is 5.02 Å². The molecule has 0 fully saturated rings. The molecule has 0 unspecified atom stereocenters. The summed E-state index contributed by atoms with van der Waals surface area (Å²) in [5.41, 5.74) is 0.0102. The lowest BCUT2D eigenvalue weighted by Crippen LogP contribution is -2.10. The van der Waals surface area contributed by atoms with E-state index in [0.717, 1.165) is 10.2 Å². The molecule has 8 heteroatoms. The fourth-order valence-electron chi connectivity index (χ4n) is 1.75. The highest BCUT2D eigenvalue weighted by Crippen LogP contribution is 2.24. The molecule has 0 atom stereocenters. The Bertz CT molecular complexity index is 658. The molecule has 1 N–H and O–H groups in total. The second kappa shape index (κ2) is 5.54. The molecule has 0 aliphatic rings. The van der Waals surface area contributed by atoms with Gasteiger partial charge in [0.2, 0.25) is 0 Å². The zero-order valence-corrected chi connectivity index (χ0v) is 11.1. The van der Waals surface area contributed by atoms with Crippen LogP contribution in [-0.4, -0.2) is 26.1 Å². The summed E-state index contributed by atoms with van der Waals surface area (Å²) in [6.07, 6.45) is -2.99. The number of halogens is 3. The predicted molar refractivity (Wildman–Crippen MR) is 67.2 cm³/mol. The van der Waals surface area contributed by atoms with Gasteiger partial charge in [0.25, 0.3) is 6.43 Å². The molecule has 106 valence electrons. The molecule has 1 heterocycles. The summed E-state index contributed by atoms with van der Waals surface area (Å²) >= 11 is 6.02. The lowest BCUT2D eigenvalue weighted by atomic mass is 10.1. The van der Waals surface area contributed by atoms with Crippen LogP contribution in [0.4, 0.5) is 8.78 Å². The number of aromatic carboxylic acids is 1. The van der Waals surface area contributed by atoms with Gasteiger partial charge in [-0.25, -0.2) is 18.3 Å².